The molecular weight excluding hydrogens is 404 g/mol. The molecule has 1 unspecified atom stereocenters. The molecule has 0 bridgehead atoms. The highest BCUT2D eigenvalue weighted by atomic mass is 35.5. The third kappa shape index (κ3) is 3.17. The fourth-order valence-electron chi connectivity index (χ4n) is 3.49. The van der Waals surface area contributed by atoms with E-state index in [2.05, 4.69) is 10.6 Å². The molecule has 2 N–H and O–H groups in total. The van der Waals surface area contributed by atoms with Crippen LogP contribution in [0.4, 0.5) is 11.4 Å². The number of furan rings is 1. The largest absolute Gasteiger partial charge is 0.449 e. The van der Waals surface area contributed by atoms with Crippen LogP contribution in [-0.2, 0) is 4.74 Å². The fourth-order valence-corrected chi connectivity index (χ4v) is 3.68. The average molecular weight is 419 g/mol. The molecule has 1 aliphatic rings. The van der Waals surface area contributed by atoms with Gasteiger partial charge in [0.25, 0.3) is 5.91 Å². The standard InChI is InChI=1S/C23H15ClN2O4/c24-13-6-5-7-14(12-13)25-21(27)20-19(17-10-3-4-11-18(17)29-20)26-22-15-8-1-2-9-16(15)23(28)30-22/h1-12,22,26H,(H,25,27). The van der Waals surface area contributed by atoms with Crippen molar-refractivity contribution in [2.24, 2.45) is 0 Å². The van der Waals surface area contributed by atoms with Crippen LogP contribution in [0.5, 0.6) is 0 Å². The smallest absolute Gasteiger partial charge is 0.340 e. The van der Waals surface area contributed by atoms with Gasteiger partial charge in [0.05, 0.1) is 11.3 Å². The molecule has 30 heavy (non-hydrogen) atoms. The van der Waals surface area contributed by atoms with Crippen molar-refractivity contribution >= 4 is 45.8 Å². The van der Waals surface area contributed by atoms with E-state index in [9.17, 15) is 9.59 Å². The predicted octanol–water partition coefficient (Wildman–Crippen LogP) is 5.62. The molecule has 4 aromatic rings. The molecular formula is C23H15ClN2O4. The lowest BCUT2D eigenvalue weighted by Gasteiger charge is -2.14. The number of halogens is 1. The number of benzene rings is 3. The minimum absolute atomic E-state index is 0.0802. The van der Waals surface area contributed by atoms with Crippen LogP contribution in [0.3, 0.4) is 0 Å². The van der Waals surface area contributed by atoms with E-state index < -0.39 is 18.1 Å². The molecule has 0 radical (unpaired) electrons. The number of ether oxygens (including phenoxy) is 1. The lowest BCUT2D eigenvalue weighted by molar-refractivity contribution is 0.0437. The summed E-state index contributed by atoms with van der Waals surface area (Å²) in [5.74, 6) is -0.786. The summed E-state index contributed by atoms with van der Waals surface area (Å²) in [6.45, 7) is 0. The van der Waals surface area contributed by atoms with Gasteiger partial charge in [0.15, 0.2) is 0 Å². The predicted molar refractivity (Wildman–Crippen MR) is 114 cm³/mol. The molecule has 1 atom stereocenters. The van der Waals surface area contributed by atoms with E-state index in [-0.39, 0.29) is 5.76 Å². The number of anilines is 2. The monoisotopic (exact) mass is 418 g/mol. The summed E-state index contributed by atoms with van der Waals surface area (Å²) in [7, 11) is 0. The van der Waals surface area contributed by atoms with E-state index in [1.54, 1.807) is 42.5 Å². The van der Waals surface area contributed by atoms with Gasteiger partial charge in [-0.25, -0.2) is 4.79 Å². The van der Waals surface area contributed by atoms with Gasteiger partial charge in [-0.2, -0.15) is 0 Å². The lowest BCUT2D eigenvalue weighted by Crippen LogP contribution is -2.16. The van der Waals surface area contributed by atoms with Crippen LogP contribution in [0.15, 0.2) is 77.2 Å². The number of carbonyl (C=O) groups excluding carboxylic acids is 2. The van der Waals surface area contributed by atoms with Crippen molar-refractivity contribution < 1.29 is 18.7 Å². The van der Waals surface area contributed by atoms with E-state index in [4.69, 9.17) is 20.8 Å². The second-order valence-electron chi connectivity index (χ2n) is 6.78. The average Bonchev–Trinajstić information content (AvgIpc) is 3.27. The molecule has 3 aromatic carbocycles. The molecule has 0 saturated carbocycles. The van der Waals surface area contributed by atoms with Gasteiger partial charge >= 0.3 is 5.97 Å². The third-order valence-electron chi connectivity index (χ3n) is 4.85. The van der Waals surface area contributed by atoms with Crippen molar-refractivity contribution in [2.45, 2.75) is 6.23 Å². The normalized spacial score (nSPS) is 15.0. The van der Waals surface area contributed by atoms with Crippen molar-refractivity contribution in [1.82, 2.24) is 0 Å². The Balaban J connectivity index is 1.53. The second-order valence-corrected chi connectivity index (χ2v) is 7.22. The van der Waals surface area contributed by atoms with Crippen LogP contribution in [0.2, 0.25) is 5.02 Å². The highest BCUT2D eigenvalue weighted by Gasteiger charge is 2.33. The van der Waals surface area contributed by atoms with E-state index in [0.717, 1.165) is 0 Å². The summed E-state index contributed by atoms with van der Waals surface area (Å²) < 4.78 is 11.3. The van der Waals surface area contributed by atoms with Gasteiger partial charge in [0, 0.05) is 21.7 Å². The van der Waals surface area contributed by atoms with E-state index in [1.807, 2.05) is 30.3 Å². The Morgan fingerprint density at radius 1 is 0.967 bits per heavy atom. The molecule has 6 nitrogen and oxygen atoms in total. The maximum absolute atomic E-state index is 13.0. The zero-order valence-electron chi connectivity index (χ0n) is 15.5. The molecule has 1 aliphatic heterocycles. The summed E-state index contributed by atoms with van der Waals surface area (Å²) in [6.07, 6.45) is -0.729. The number of amides is 1. The molecule has 148 valence electrons. The minimum atomic E-state index is -0.729. The Morgan fingerprint density at radius 3 is 2.63 bits per heavy atom. The number of hydrogen-bond donors (Lipinski definition) is 2. The molecule has 0 aliphatic carbocycles. The molecule has 5 rings (SSSR count). The minimum Gasteiger partial charge on any atom is -0.449 e. The number of carbonyl (C=O) groups is 2. The Morgan fingerprint density at radius 2 is 1.77 bits per heavy atom. The summed E-state index contributed by atoms with van der Waals surface area (Å²) in [5.41, 5.74) is 2.71. The van der Waals surface area contributed by atoms with Crippen LogP contribution >= 0.6 is 11.6 Å². The summed E-state index contributed by atoms with van der Waals surface area (Å²) >= 11 is 6.01. The number of fused-ring (bicyclic) bond motifs is 2. The summed E-state index contributed by atoms with van der Waals surface area (Å²) in [4.78, 5) is 25.2. The van der Waals surface area contributed by atoms with Crippen LogP contribution in [0.1, 0.15) is 32.7 Å². The lowest BCUT2D eigenvalue weighted by atomic mass is 10.1. The molecule has 0 spiro atoms. The maximum atomic E-state index is 13.0. The number of nitrogens with one attached hydrogen (secondary N) is 2. The Hall–Kier alpha value is -3.77. The van der Waals surface area contributed by atoms with Crippen LogP contribution in [0, 0.1) is 0 Å². The summed E-state index contributed by atoms with van der Waals surface area (Å²) in [6, 6.07) is 21.2. The Bertz CT molecular complexity index is 1300. The Kier molecular flexibility index (Phi) is 4.41. The molecule has 7 heteroatoms. The third-order valence-corrected chi connectivity index (χ3v) is 5.08. The SMILES string of the molecule is O=C1OC(Nc2c(C(=O)Nc3cccc(Cl)c3)oc3ccccc23)c2ccccc21. The number of hydrogen-bond acceptors (Lipinski definition) is 5. The van der Waals surface area contributed by atoms with Crippen molar-refractivity contribution in [2.75, 3.05) is 10.6 Å². The van der Waals surface area contributed by atoms with Crippen LogP contribution in [-0.4, -0.2) is 11.9 Å². The van der Waals surface area contributed by atoms with Gasteiger partial charge in [-0.1, -0.05) is 48.0 Å². The van der Waals surface area contributed by atoms with E-state index in [1.165, 1.54) is 0 Å². The maximum Gasteiger partial charge on any atom is 0.340 e. The fraction of sp³-hybridized carbons (Fsp3) is 0.0435. The molecule has 1 amide bonds. The first kappa shape index (κ1) is 18.3. The zero-order chi connectivity index (χ0) is 20.7. The highest BCUT2D eigenvalue weighted by molar-refractivity contribution is 6.31. The first-order valence-corrected chi connectivity index (χ1v) is 9.63. The molecule has 1 aromatic heterocycles. The van der Waals surface area contributed by atoms with Gasteiger partial charge in [-0.05, 0) is 36.4 Å². The van der Waals surface area contributed by atoms with Crippen molar-refractivity contribution in [3.63, 3.8) is 0 Å². The van der Waals surface area contributed by atoms with Crippen molar-refractivity contribution in [3.8, 4) is 0 Å². The first-order chi connectivity index (χ1) is 14.6. The summed E-state index contributed by atoms with van der Waals surface area (Å²) in [5, 5.41) is 7.17. The van der Waals surface area contributed by atoms with Gasteiger partial charge in [0.1, 0.15) is 5.58 Å². The van der Waals surface area contributed by atoms with Gasteiger partial charge < -0.3 is 19.8 Å². The first-order valence-electron chi connectivity index (χ1n) is 9.25. The van der Waals surface area contributed by atoms with Gasteiger partial charge in [-0.15, -0.1) is 0 Å². The number of para-hydroxylation sites is 1. The van der Waals surface area contributed by atoms with E-state index >= 15 is 0 Å². The number of cyclic esters (lactones) is 1. The van der Waals surface area contributed by atoms with Gasteiger partial charge in [0.2, 0.25) is 12.0 Å². The van der Waals surface area contributed by atoms with E-state index in [0.29, 0.717) is 38.5 Å². The van der Waals surface area contributed by atoms with Crippen LogP contribution < -0.4 is 10.6 Å². The zero-order valence-corrected chi connectivity index (χ0v) is 16.3. The van der Waals surface area contributed by atoms with Crippen molar-refractivity contribution in [1.29, 1.82) is 0 Å². The number of esters is 1. The quantitative estimate of drug-likeness (QED) is 0.420. The second kappa shape index (κ2) is 7.24. The molecule has 2 heterocycles. The molecule has 0 fully saturated rings. The number of rotatable bonds is 4. The van der Waals surface area contributed by atoms with Crippen LogP contribution in [0.25, 0.3) is 11.0 Å². The van der Waals surface area contributed by atoms with Gasteiger partial charge in [-0.3, -0.25) is 4.79 Å². The molecule has 0 saturated heterocycles. The Labute approximate surface area is 176 Å². The van der Waals surface area contributed by atoms with Crippen molar-refractivity contribution in [3.05, 3.63) is 94.7 Å². The highest BCUT2D eigenvalue weighted by Crippen LogP contribution is 2.37. The topological polar surface area (TPSA) is 80.6 Å².